The highest BCUT2D eigenvalue weighted by Gasteiger charge is 2.33. The van der Waals surface area contributed by atoms with Crippen molar-refractivity contribution < 1.29 is 24.2 Å². The summed E-state index contributed by atoms with van der Waals surface area (Å²) in [4.78, 5) is 41.2. The van der Waals surface area contributed by atoms with Crippen molar-refractivity contribution in [1.82, 2.24) is 19.8 Å². The number of nitrogens with one attached hydrogen (secondary N) is 1. The number of anilines is 3. The molecule has 0 aliphatic carbocycles. The van der Waals surface area contributed by atoms with Crippen LogP contribution in [0.15, 0.2) is 83.9 Å². The van der Waals surface area contributed by atoms with E-state index in [4.69, 9.17) is 9.47 Å². The second-order valence-electron chi connectivity index (χ2n) is 10.6. The van der Waals surface area contributed by atoms with Gasteiger partial charge in [0.05, 0.1) is 20.3 Å². The van der Waals surface area contributed by atoms with Crippen LogP contribution in [0.1, 0.15) is 41.4 Å². The maximum absolute atomic E-state index is 13.1. The van der Waals surface area contributed by atoms with E-state index in [0.717, 1.165) is 30.1 Å². The largest absolute Gasteiger partial charge is 0.497 e. The molecular weight excluding hydrogens is 616 g/mol. The molecule has 1 aromatic heterocycles. The molecule has 4 rings (SSSR count). The molecule has 0 saturated heterocycles. The van der Waals surface area contributed by atoms with Crippen LogP contribution in [0.4, 0.5) is 22.2 Å². The van der Waals surface area contributed by atoms with Crippen molar-refractivity contribution in [3.63, 3.8) is 0 Å². The van der Waals surface area contributed by atoms with Crippen LogP contribution >= 0.6 is 11.8 Å². The zero-order chi connectivity index (χ0) is 33.9. The summed E-state index contributed by atoms with van der Waals surface area (Å²) < 4.78 is 11.2. The summed E-state index contributed by atoms with van der Waals surface area (Å²) >= 11 is 1.52. The minimum absolute atomic E-state index is 0.0661. The minimum atomic E-state index is -1.21. The molecule has 248 valence electrons. The summed E-state index contributed by atoms with van der Waals surface area (Å²) in [5.41, 5.74) is 2.55. The van der Waals surface area contributed by atoms with E-state index in [-0.39, 0.29) is 17.7 Å². The average molecular weight is 659 g/mol. The summed E-state index contributed by atoms with van der Waals surface area (Å²) in [5.74, 6) is 1.34. The number of hydrogen-bond donors (Lipinski definition) is 2. The van der Waals surface area contributed by atoms with Crippen molar-refractivity contribution in [3.05, 3.63) is 95.7 Å². The fourth-order valence-corrected chi connectivity index (χ4v) is 5.88. The standard InChI is InChI=1S/C35H42N6O5S/c1-7-40(8-2)22-21-39(3)33(42)24-13-15-25(16-14-24)37-34-36-20-19-31(38-34)41(35(43)44)32(27-11-9-10-12-30(27)47-6)28-23-26(45-4)17-18-29(28)46-5/h9-20,23,32H,7-8,21-22H2,1-6H3,(H,43,44)(H,36,37,38). The van der Waals surface area contributed by atoms with Gasteiger partial charge >= 0.3 is 6.09 Å². The van der Waals surface area contributed by atoms with Crippen LogP contribution < -0.4 is 19.7 Å². The molecule has 1 unspecified atom stereocenters. The second kappa shape index (κ2) is 16.7. The topological polar surface area (TPSA) is 120 Å². The summed E-state index contributed by atoms with van der Waals surface area (Å²) in [5, 5.41) is 13.9. The van der Waals surface area contributed by atoms with Crippen molar-refractivity contribution in [2.45, 2.75) is 24.8 Å². The Morgan fingerprint density at radius 3 is 2.30 bits per heavy atom. The van der Waals surface area contributed by atoms with Crippen molar-refractivity contribution in [2.24, 2.45) is 0 Å². The molecule has 0 aliphatic rings. The van der Waals surface area contributed by atoms with Gasteiger partial charge in [0.2, 0.25) is 5.95 Å². The third-order valence-corrected chi connectivity index (χ3v) is 8.71. The highest BCUT2D eigenvalue weighted by atomic mass is 32.2. The number of carbonyl (C=O) groups is 2. The SMILES string of the molecule is CCN(CC)CCN(C)C(=O)c1ccc(Nc2nccc(N(C(=O)O)C(c3cc(OC)ccc3OC)c3ccccc3SC)n2)cc1. The van der Waals surface area contributed by atoms with Crippen molar-refractivity contribution >= 4 is 41.2 Å². The summed E-state index contributed by atoms with van der Waals surface area (Å²) in [6.45, 7) is 7.53. The fourth-order valence-electron chi connectivity index (χ4n) is 5.25. The lowest BCUT2D eigenvalue weighted by atomic mass is 9.95. The van der Waals surface area contributed by atoms with Gasteiger partial charge in [0.15, 0.2) is 0 Å². The Balaban J connectivity index is 1.66. The molecule has 0 radical (unpaired) electrons. The van der Waals surface area contributed by atoms with Crippen LogP contribution in [0, 0.1) is 0 Å². The lowest BCUT2D eigenvalue weighted by molar-refractivity contribution is 0.0779. The molecule has 1 atom stereocenters. The third-order valence-electron chi connectivity index (χ3n) is 7.90. The minimum Gasteiger partial charge on any atom is -0.497 e. The van der Waals surface area contributed by atoms with Gasteiger partial charge in [-0.1, -0.05) is 32.0 Å². The first kappa shape index (κ1) is 35.1. The zero-order valence-electron chi connectivity index (χ0n) is 27.6. The van der Waals surface area contributed by atoms with Gasteiger partial charge < -0.3 is 29.7 Å². The van der Waals surface area contributed by atoms with E-state index in [2.05, 4.69) is 34.0 Å². The molecule has 2 N–H and O–H groups in total. The number of thioether (sulfide) groups is 1. The molecule has 0 aliphatic heterocycles. The Morgan fingerprint density at radius 1 is 0.936 bits per heavy atom. The second-order valence-corrected chi connectivity index (χ2v) is 11.4. The van der Waals surface area contributed by atoms with Gasteiger partial charge in [-0.05, 0) is 79.5 Å². The van der Waals surface area contributed by atoms with Gasteiger partial charge in [-0.2, -0.15) is 4.98 Å². The number of aromatic nitrogens is 2. The highest BCUT2D eigenvalue weighted by molar-refractivity contribution is 7.98. The van der Waals surface area contributed by atoms with E-state index in [1.165, 1.54) is 22.9 Å². The number of carbonyl (C=O) groups excluding carboxylic acids is 1. The Kier molecular flexibility index (Phi) is 12.4. The maximum Gasteiger partial charge on any atom is 0.413 e. The lowest BCUT2D eigenvalue weighted by Gasteiger charge is -2.31. The molecule has 11 nitrogen and oxygen atoms in total. The number of ether oxygens (including phenoxy) is 2. The first-order valence-electron chi connectivity index (χ1n) is 15.3. The quantitative estimate of drug-likeness (QED) is 0.134. The molecule has 12 heteroatoms. The smallest absolute Gasteiger partial charge is 0.413 e. The van der Waals surface area contributed by atoms with E-state index < -0.39 is 12.1 Å². The van der Waals surface area contributed by atoms with Crippen LogP contribution in [-0.2, 0) is 0 Å². The van der Waals surface area contributed by atoms with Crippen molar-refractivity contribution in [3.8, 4) is 11.5 Å². The van der Waals surface area contributed by atoms with E-state index >= 15 is 0 Å². The van der Waals surface area contributed by atoms with Gasteiger partial charge in [-0.25, -0.2) is 14.7 Å². The predicted molar refractivity (Wildman–Crippen MR) is 187 cm³/mol. The highest BCUT2D eigenvalue weighted by Crippen LogP contribution is 2.42. The molecule has 2 amide bonds. The first-order chi connectivity index (χ1) is 22.7. The Morgan fingerprint density at radius 2 is 1.66 bits per heavy atom. The normalized spacial score (nSPS) is 11.6. The van der Waals surface area contributed by atoms with Gasteiger partial charge in [-0.15, -0.1) is 11.8 Å². The predicted octanol–water partition coefficient (Wildman–Crippen LogP) is 6.65. The van der Waals surface area contributed by atoms with Crippen LogP contribution in [0.5, 0.6) is 11.5 Å². The number of likely N-dealkylation sites (N-methyl/N-ethyl adjacent to an activating group) is 2. The maximum atomic E-state index is 13.1. The lowest BCUT2D eigenvalue weighted by Crippen LogP contribution is -2.36. The number of hydrogen-bond acceptors (Lipinski definition) is 9. The van der Waals surface area contributed by atoms with Gasteiger partial charge in [0.25, 0.3) is 5.91 Å². The average Bonchev–Trinajstić information content (AvgIpc) is 3.10. The summed E-state index contributed by atoms with van der Waals surface area (Å²) in [6, 6.07) is 20.7. The molecule has 0 spiro atoms. The molecule has 0 saturated carbocycles. The number of amides is 2. The first-order valence-corrected chi connectivity index (χ1v) is 16.5. The molecule has 4 aromatic rings. The molecule has 1 heterocycles. The van der Waals surface area contributed by atoms with E-state index in [9.17, 15) is 14.7 Å². The summed E-state index contributed by atoms with van der Waals surface area (Å²) in [6.07, 6.45) is 2.23. The van der Waals surface area contributed by atoms with Crippen LogP contribution in [0.2, 0.25) is 0 Å². The molecule has 3 aromatic carbocycles. The Bertz CT molecular complexity index is 1650. The van der Waals surface area contributed by atoms with Crippen LogP contribution in [0.25, 0.3) is 0 Å². The summed E-state index contributed by atoms with van der Waals surface area (Å²) in [7, 11) is 4.91. The number of carboxylic acid groups (broad SMARTS) is 1. The Labute approximate surface area is 280 Å². The van der Waals surface area contributed by atoms with Crippen LogP contribution in [0.3, 0.4) is 0 Å². The van der Waals surface area contributed by atoms with Crippen molar-refractivity contribution in [1.29, 1.82) is 0 Å². The van der Waals surface area contributed by atoms with Crippen molar-refractivity contribution in [2.75, 3.05) is 63.9 Å². The number of methoxy groups -OCH3 is 2. The number of rotatable bonds is 15. The van der Waals surface area contributed by atoms with Gasteiger partial charge in [-0.3, -0.25) is 4.79 Å². The number of benzene rings is 3. The zero-order valence-corrected chi connectivity index (χ0v) is 28.5. The molecular formula is C35H42N6O5S. The molecule has 47 heavy (non-hydrogen) atoms. The van der Waals surface area contributed by atoms with Gasteiger partial charge in [0.1, 0.15) is 17.3 Å². The van der Waals surface area contributed by atoms with E-state index in [0.29, 0.717) is 34.9 Å². The third kappa shape index (κ3) is 8.52. The fraction of sp³-hybridized carbons (Fsp3) is 0.314. The molecule has 0 fully saturated rings. The van der Waals surface area contributed by atoms with E-state index in [1.54, 1.807) is 74.7 Å². The van der Waals surface area contributed by atoms with Crippen LogP contribution in [-0.4, -0.2) is 90.6 Å². The molecule has 0 bridgehead atoms. The van der Waals surface area contributed by atoms with Gasteiger partial charge in [0, 0.05) is 48.0 Å². The Hall–Kier alpha value is -4.81. The van der Waals surface area contributed by atoms with E-state index in [1.807, 2.05) is 30.5 Å². The monoisotopic (exact) mass is 658 g/mol. The number of nitrogens with zero attached hydrogens (tertiary/aromatic N) is 5.